The molecule has 0 saturated heterocycles. The van der Waals surface area contributed by atoms with E-state index in [4.69, 9.17) is 0 Å². The molecular weight excluding hydrogens is 584 g/mol. The molecule has 0 heterocycles. The van der Waals surface area contributed by atoms with Crippen molar-refractivity contribution in [2.75, 3.05) is 72.5 Å². The molecule has 0 aliphatic carbocycles. The number of quaternary nitrogens is 3. The number of nitrogens with zero attached hydrogens (tertiary/aromatic N) is 3. The number of nitrogens with one attached hydrogen (secondary N) is 1. The number of rotatable bonds is 23. The first kappa shape index (κ1) is 38.8. The third-order valence-corrected chi connectivity index (χ3v) is 9.56. The van der Waals surface area contributed by atoms with Crippen LogP contribution in [0, 0.1) is 0 Å². The highest BCUT2D eigenvalue weighted by molar-refractivity contribution is 5.15. The van der Waals surface area contributed by atoms with Crippen LogP contribution >= 0.6 is 0 Å². The maximum atomic E-state index is 10.8. The van der Waals surface area contributed by atoms with Gasteiger partial charge in [0.25, 0.3) is 0 Å². The Morgan fingerprint density at radius 2 is 0.957 bits per heavy atom. The van der Waals surface area contributed by atoms with E-state index in [0.717, 1.165) is 80.8 Å². The Kier molecular flexibility index (Phi) is 16.0. The van der Waals surface area contributed by atoms with Gasteiger partial charge in [0, 0.05) is 29.8 Å². The van der Waals surface area contributed by atoms with Crippen molar-refractivity contribution in [2.24, 2.45) is 0 Å². The topological polar surface area (TPSA) is 72.7 Å². The van der Waals surface area contributed by atoms with Crippen LogP contribution in [0.25, 0.3) is 0 Å². The average Bonchev–Trinajstić information content (AvgIpc) is 3.02. The summed E-state index contributed by atoms with van der Waals surface area (Å²) in [6, 6.07) is 32.3. The van der Waals surface area contributed by atoms with E-state index < -0.39 is 12.2 Å². The molecule has 47 heavy (non-hydrogen) atoms. The van der Waals surface area contributed by atoms with Gasteiger partial charge in [-0.3, -0.25) is 0 Å². The largest absolute Gasteiger partial charge is 0.392 e. The summed E-state index contributed by atoms with van der Waals surface area (Å²) in [4.78, 5) is 0. The molecule has 0 amide bonds. The third kappa shape index (κ3) is 14.2. The van der Waals surface area contributed by atoms with Gasteiger partial charge in [0.2, 0.25) is 0 Å². The van der Waals surface area contributed by atoms with Crippen LogP contribution in [0.4, 0.5) is 0 Å². The lowest BCUT2D eigenvalue weighted by Gasteiger charge is -2.46. The van der Waals surface area contributed by atoms with Crippen LogP contribution in [0.3, 0.4) is 0 Å². The Labute approximate surface area is 285 Å². The minimum atomic E-state index is -0.473. The molecule has 260 valence electrons. The second-order valence-corrected chi connectivity index (χ2v) is 14.7. The van der Waals surface area contributed by atoms with E-state index in [9.17, 15) is 15.3 Å². The molecule has 3 aromatic carbocycles. The molecule has 0 fully saturated rings. The minimum Gasteiger partial charge on any atom is -0.392 e. The van der Waals surface area contributed by atoms with Gasteiger partial charge in [-0.25, -0.2) is 0 Å². The SMILES string of the molecule is CCC[N+](CC[N+](C)(CCNCC(C)O)Cc1ccccc1)(CC[N+](Cc1ccccc1)(CC(C)O)CC(C)O)Cc1ccccc1. The summed E-state index contributed by atoms with van der Waals surface area (Å²) >= 11 is 0. The molecule has 0 saturated carbocycles. The summed E-state index contributed by atoms with van der Waals surface area (Å²) in [7, 11) is 2.39. The second-order valence-electron chi connectivity index (χ2n) is 14.7. The Balaban J connectivity index is 1.97. The van der Waals surface area contributed by atoms with Crippen LogP contribution in [-0.4, -0.2) is 120 Å². The summed E-state index contributed by atoms with van der Waals surface area (Å²) in [5.74, 6) is 0. The summed E-state index contributed by atoms with van der Waals surface area (Å²) < 4.78 is 2.51. The van der Waals surface area contributed by atoms with Gasteiger partial charge in [-0.15, -0.1) is 0 Å². The number of aliphatic hydroxyl groups is 3. The Morgan fingerprint density at radius 1 is 0.532 bits per heavy atom. The van der Waals surface area contributed by atoms with Crippen molar-refractivity contribution in [3.63, 3.8) is 0 Å². The standard InChI is InChI=1S/C40H65N4O3/c1-6-23-43(33-39-18-12-8-13-19-39,26-25-42(5,24-22-41-29-35(2)45)32-38-16-10-7-11-17-38)27-28-44(30-36(3)46,31-37(4)47)34-40-20-14-9-15-21-40/h7-21,35-37,41,45-47H,6,22-34H2,1-5H3/q+3. The Morgan fingerprint density at radius 3 is 1.40 bits per heavy atom. The first-order valence-electron chi connectivity index (χ1n) is 17.9. The zero-order valence-corrected chi connectivity index (χ0v) is 30.0. The molecule has 5 atom stereocenters. The normalized spacial score (nSPS) is 17.6. The predicted octanol–water partition coefficient (Wildman–Crippen LogP) is 4.81. The Bertz CT molecular complexity index is 1230. The molecule has 0 radical (unpaired) electrons. The van der Waals surface area contributed by atoms with Gasteiger partial charge in [-0.05, 0) is 27.2 Å². The van der Waals surface area contributed by atoms with E-state index in [1.54, 1.807) is 0 Å². The van der Waals surface area contributed by atoms with Gasteiger partial charge < -0.3 is 34.1 Å². The van der Waals surface area contributed by atoms with Crippen LogP contribution in [0.5, 0.6) is 0 Å². The fourth-order valence-corrected chi connectivity index (χ4v) is 7.41. The maximum absolute atomic E-state index is 10.8. The van der Waals surface area contributed by atoms with Crippen LogP contribution in [0.1, 0.15) is 50.8 Å². The van der Waals surface area contributed by atoms with Crippen molar-refractivity contribution in [1.82, 2.24) is 5.32 Å². The van der Waals surface area contributed by atoms with E-state index in [-0.39, 0.29) is 6.10 Å². The van der Waals surface area contributed by atoms with Gasteiger partial charge in [0.05, 0.1) is 26.2 Å². The van der Waals surface area contributed by atoms with Crippen molar-refractivity contribution in [3.05, 3.63) is 108 Å². The number of aliphatic hydroxyl groups excluding tert-OH is 3. The quantitative estimate of drug-likeness (QED) is 0.0880. The number of hydrogen-bond donors (Lipinski definition) is 4. The van der Waals surface area contributed by atoms with Crippen molar-refractivity contribution >= 4 is 0 Å². The first-order valence-corrected chi connectivity index (χ1v) is 17.9. The lowest BCUT2D eigenvalue weighted by atomic mass is 10.1. The number of hydrogen-bond acceptors (Lipinski definition) is 4. The Hall–Kier alpha value is -2.62. The number of benzene rings is 3. The molecule has 3 rings (SSSR count). The van der Waals surface area contributed by atoms with Crippen LogP contribution in [-0.2, 0) is 19.6 Å². The van der Waals surface area contributed by atoms with Crippen molar-refractivity contribution in [2.45, 2.75) is 72.1 Å². The van der Waals surface area contributed by atoms with E-state index in [1.807, 2.05) is 20.8 Å². The fraction of sp³-hybridized carbons (Fsp3) is 0.550. The fourth-order valence-electron chi connectivity index (χ4n) is 7.41. The van der Waals surface area contributed by atoms with Gasteiger partial charge >= 0.3 is 0 Å². The lowest BCUT2D eigenvalue weighted by molar-refractivity contribution is -1.01. The molecule has 0 spiro atoms. The van der Waals surface area contributed by atoms with Crippen LogP contribution in [0.15, 0.2) is 91.0 Å². The molecule has 7 nitrogen and oxygen atoms in total. The highest BCUT2D eigenvalue weighted by Crippen LogP contribution is 2.24. The van der Waals surface area contributed by atoms with Crippen molar-refractivity contribution in [3.8, 4) is 0 Å². The minimum absolute atomic E-state index is 0.361. The summed E-state index contributed by atoms with van der Waals surface area (Å²) in [5, 5.41) is 34.9. The van der Waals surface area contributed by atoms with Gasteiger partial charge in [0.1, 0.15) is 71.1 Å². The lowest BCUT2D eigenvalue weighted by Crippen LogP contribution is -2.62. The second kappa shape index (κ2) is 19.4. The molecule has 0 aliphatic rings. The van der Waals surface area contributed by atoms with E-state index in [0.29, 0.717) is 24.1 Å². The summed E-state index contributed by atoms with van der Waals surface area (Å²) in [6.45, 7) is 19.2. The van der Waals surface area contributed by atoms with Gasteiger partial charge in [-0.2, -0.15) is 0 Å². The zero-order chi connectivity index (χ0) is 34.2. The maximum Gasteiger partial charge on any atom is 0.129 e. The third-order valence-electron chi connectivity index (χ3n) is 9.56. The molecular formula is C40H65N4O3+3. The number of likely N-dealkylation sites (N-methyl/N-ethyl adjacent to an activating group) is 1. The summed E-state index contributed by atoms with van der Waals surface area (Å²) in [6.07, 6.45) is -0.226. The highest BCUT2D eigenvalue weighted by atomic mass is 16.3. The van der Waals surface area contributed by atoms with E-state index in [2.05, 4.69) is 110 Å². The van der Waals surface area contributed by atoms with Crippen LogP contribution in [0.2, 0.25) is 0 Å². The molecule has 3 aromatic rings. The molecule has 4 N–H and O–H groups in total. The van der Waals surface area contributed by atoms with E-state index in [1.165, 1.54) is 16.7 Å². The first-order chi connectivity index (χ1) is 22.5. The molecule has 7 heteroatoms. The van der Waals surface area contributed by atoms with Gasteiger partial charge in [0.15, 0.2) is 0 Å². The smallest absolute Gasteiger partial charge is 0.129 e. The zero-order valence-electron chi connectivity index (χ0n) is 30.0. The monoisotopic (exact) mass is 650 g/mol. The van der Waals surface area contributed by atoms with E-state index >= 15 is 0 Å². The average molecular weight is 650 g/mol. The van der Waals surface area contributed by atoms with Crippen molar-refractivity contribution in [1.29, 1.82) is 0 Å². The van der Waals surface area contributed by atoms with Crippen molar-refractivity contribution < 1.29 is 28.8 Å². The molecule has 0 aromatic heterocycles. The highest BCUT2D eigenvalue weighted by Gasteiger charge is 2.38. The van der Waals surface area contributed by atoms with Gasteiger partial charge in [-0.1, -0.05) is 97.9 Å². The molecule has 5 unspecified atom stereocenters. The molecule has 0 aliphatic heterocycles. The van der Waals surface area contributed by atoms with Crippen LogP contribution < -0.4 is 5.32 Å². The predicted molar refractivity (Wildman–Crippen MR) is 194 cm³/mol. The molecule has 0 bridgehead atoms. The summed E-state index contributed by atoms with van der Waals surface area (Å²) in [5.41, 5.74) is 3.93.